The van der Waals surface area contributed by atoms with E-state index in [2.05, 4.69) is 39.3 Å². The molecule has 6 heteroatoms. The van der Waals surface area contributed by atoms with Gasteiger partial charge >= 0.3 is 0 Å². The second-order valence-electron chi connectivity index (χ2n) is 5.66. The first kappa shape index (κ1) is 15.9. The molecule has 3 rings (SSSR count). The fourth-order valence-corrected chi connectivity index (χ4v) is 2.82. The van der Waals surface area contributed by atoms with E-state index in [1.807, 2.05) is 6.07 Å². The number of aromatic nitrogens is 1. The predicted octanol–water partition coefficient (Wildman–Crippen LogP) is 3.24. The summed E-state index contributed by atoms with van der Waals surface area (Å²) in [7, 11) is 3.84. The zero-order valence-electron chi connectivity index (χ0n) is 13.4. The van der Waals surface area contributed by atoms with E-state index < -0.39 is 0 Å². The molecule has 0 saturated carbocycles. The van der Waals surface area contributed by atoms with Gasteiger partial charge in [0, 0.05) is 49.2 Å². The largest absolute Gasteiger partial charge is 0.494 e. The molecule has 0 bridgehead atoms. The molecule has 0 atom stereocenters. The van der Waals surface area contributed by atoms with E-state index in [4.69, 9.17) is 16.3 Å². The molecule has 23 heavy (non-hydrogen) atoms. The fourth-order valence-electron chi connectivity index (χ4n) is 2.66. The summed E-state index contributed by atoms with van der Waals surface area (Å²) < 4.78 is 5.54. The Kier molecular flexibility index (Phi) is 4.88. The number of benzene rings is 1. The van der Waals surface area contributed by atoms with Crippen molar-refractivity contribution in [2.24, 2.45) is 0 Å². The molecule has 2 aromatic rings. The molecule has 1 saturated heterocycles. The summed E-state index contributed by atoms with van der Waals surface area (Å²) in [5.41, 5.74) is 2.06. The van der Waals surface area contributed by atoms with Crippen molar-refractivity contribution in [1.82, 2.24) is 9.88 Å². The number of halogens is 1. The van der Waals surface area contributed by atoms with Crippen LogP contribution < -0.4 is 15.0 Å². The third kappa shape index (κ3) is 3.86. The SMILES string of the molecule is COc1cc(N2CCN(C)CC2)ccc1Nc1cc(Cl)ccn1. The number of hydrogen-bond acceptors (Lipinski definition) is 5. The van der Waals surface area contributed by atoms with Gasteiger partial charge < -0.3 is 19.9 Å². The molecule has 1 aromatic heterocycles. The number of ether oxygens (including phenoxy) is 1. The monoisotopic (exact) mass is 332 g/mol. The Morgan fingerprint density at radius 1 is 1.13 bits per heavy atom. The summed E-state index contributed by atoms with van der Waals surface area (Å²) >= 11 is 6.00. The Labute approximate surface area is 141 Å². The number of piperazine rings is 1. The van der Waals surface area contributed by atoms with Crippen molar-refractivity contribution in [2.45, 2.75) is 0 Å². The second-order valence-corrected chi connectivity index (χ2v) is 6.10. The van der Waals surface area contributed by atoms with Crippen LogP contribution in [0.15, 0.2) is 36.5 Å². The van der Waals surface area contributed by atoms with Crippen LogP contribution in [0.5, 0.6) is 5.75 Å². The Morgan fingerprint density at radius 2 is 1.91 bits per heavy atom. The number of likely N-dealkylation sites (N-methyl/N-ethyl adjacent to an activating group) is 1. The lowest BCUT2D eigenvalue weighted by molar-refractivity contribution is 0.312. The minimum atomic E-state index is 0.649. The van der Waals surface area contributed by atoms with Crippen LogP contribution in [-0.2, 0) is 0 Å². The molecule has 5 nitrogen and oxygen atoms in total. The van der Waals surface area contributed by atoms with Crippen LogP contribution >= 0.6 is 11.6 Å². The van der Waals surface area contributed by atoms with Gasteiger partial charge in [-0.05, 0) is 31.3 Å². The van der Waals surface area contributed by atoms with Crippen molar-refractivity contribution in [3.05, 3.63) is 41.6 Å². The van der Waals surface area contributed by atoms with Crippen LogP contribution in [0.1, 0.15) is 0 Å². The normalized spacial score (nSPS) is 15.5. The molecule has 0 amide bonds. The van der Waals surface area contributed by atoms with Crippen LogP contribution in [0.25, 0.3) is 0 Å². The van der Waals surface area contributed by atoms with E-state index >= 15 is 0 Å². The van der Waals surface area contributed by atoms with Gasteiger partial charge in [0.15, 0.2) is 0 Å². The Bertz CT molecular complexity index is 671. The van der Waals surface area contributed by atoms with Crippen LogP contribution in [0.2, 0.25) is 5.02 Å². The first-order valence-corrected chi connectivity index (χ1v) is 8.03. The van der Waals surface area contributed by atoms with Crippen molar-refractivity contribution < 1.29 is 4.74 Å². The summed E-state index contributed by atoms with van der Waals surface area (Å²) in [5, 5.41) is 3.90. The van der Waals surface area contributed by atoms with Gasteiger partial charge in [0.2, 0.25) is 0 Å². The number of methoxy groups -OCH3 is 1. The molecule has 122 valence electrons. The van der Waals surface area contributed by atoms with E-state index in [1.54, 1.807) is 25.4 Å². The van der Waals surface area contributed by atoms with Gasteiger partial charge in [0.25, 0.3) is 0 Å². The van der Waals surface area contributed by atoms with Crippen molar-refractivity contribution in [2.75, 3.05) is 50.6 Å². The Balaban J connectivity index is 1.79. The van der Waals surface area contributed by atoms with Gasteiger partial charge in [0.05, 0.1) is 12.8 Å². The molecule has 0 aliphatic carbocycles. The molecule has 1 fully saturated rings. The molecular weight excluding hydrogens is 312 g/mol. The summed E-state index contributed by atoms with van der Waals surface area (Å²) in [5.74, 6) is 1.49. The van der Waals surface area contributed by atoms with Gasteiger partial charge in [-0.25, -0.2) is 4.98 Å². The van der Waals surface area contributed by atoms with Crippen LogP contribution in [0.3, 0.4) is 0 Å². The van der Waals surface area contributed by atoms with Crippen molar-refractivity contribution in [1.29, 1.82) is 0 Å². The smallest absolute Gasteiger partial charge is 0.144 e. The highest BCUT2D eigenvalue weighted by molar-refractivity contribution is 6.30. The Morgan fingerprint density at radius 3 is 2.61 bits per heavy atom. The summed E-state index contributed by atoms with van der Waals surface area (Å²) in [6.07, 6.45) is 1.68. The molecule has 1 aromatic carbocycles. The van der Waals surface area contributed by atoms with Gasteiger partial charge in [-0.2, -0.15) is 0 Å². The minimum absolute atomic E-state index is 0.649. The van der Waals surface area contributed by atoms with E-state index in [0.29, 0.717) is 10.8 Å². The van der Waals surface area contributed by atoms with E-state index in [9.17, 15) is 0 Å². The summed E-state index contributed by atoms with van der Waals surface area (Å²) in [4.78, 5) is 8.98. The van der Waals surface area contributed by atoms with Gasteiger partial charge in [-0.3, -0.25) is 0 Å². The van der Waals surface area contributed by atoms with E-state index in [1.165, 1.54) is 5.69 Å². The maximum absolute atomic E-state index is 6.00. The third-order valence-corrected chi connectivity index (χ3v) is 4.27. The van der Waals surface area contributed by atoms with E-state index in [0.717, 1.165) is 37.6 Å². The number of hydrogen-bond donors (Lipinski definition) is 1. The Hall–Kier alpha value is -1.98. The summed E-state index contributed by atoms with van der Waals surface area (Å²) in [6.45, 7) is 4.22. The standard InChI is InChI=1S/C17H21ClN4O/c1-21-7-9-22(10-8-21)14-3-4-15(16(12-14)23-2)20-17-11-13(18)5-6-19-17/h3-6,11-12H,7-10H2,1-2H3,(H,19,20). The predicted molar refractivity (Wildman–Crippen MR) is 95.2 cm³/mol. The average Bonchev–Trinajstić information content (AvgIpc) is 2.56. The second kappa shape index (κ2) is 7.06. The maximum Gasteiger partial charge on any atom is 0.144 e. The molecule has 0 unspecified atom stereocenters. The number of nitrogens with one attached hydrogen (secondary N) is 1. The zero-order valence-corrected chi connectivity index (χ0v) is 14.2. The topological polar surface area (TPSA) is 40.6 Å². The van der Waals surface area contributed by atoms with Crippen LogP contribution in [-0.4, -0.2) is 50.2 Å². The molecule has 1 N–H and O–H groups in total. The van der Waals surface area contributed by atoms with Crippen molar-refractivity contribution >= 4 is 28.8 Å². The number of rotatable bonds is 4. The number of pyridine rings is 1. The number of nitrogens with zero attached hydrogens (tertiary/aromatic N) is 3. The lowest BCUT2D eigenvalue weighted by Crippen LogP contribution is -2.44. The highest BCUT2D eigenvalue weighted by Gasteiger charge is 2.16. The minimum Gasteiger partial charge on any atom is -0.494 e. The van der Waals surface area contributed by atoms with Gasteiger partial charge in [-0.1, -0.05) is 11.6 Å². The molecular formula is C17H21ClN4O. The lowest BCUT2D eigenvalue weighted by Gasteiger charge is -2.34. The van der Waals surface area contributed by atoms with Crippen molar-refractivity contribution in [3.63, 3.8) is 0 Å². The lowest BCUT2D eigenvalue weighted by atomic mass is 10.2. The van der Waals surface area contributed by atoms with Gasteiger partial charge in [-0.15, -0.1) is 0 Å². The zero-order chi connectivity index (χ0) is 16.2. The van der Waals surface area contributed by atoms with Crippen LogP contribution in [0.4, 0.5) is 17.2 Å². The van der Waals surface area contributed by atoms with E-state index in [-0.39, 0.29) is 0 Å². The number of anilines is 3. The highest BCUT2D eigenvalue weighted by Crippen LogP contribution is 2.32. The first-order chi connectivity index (χ1) is 11.2. The molecule has 0 radical (unpaired) electrons. The van der Waals surface area contributed by atoms with Crippen LogP contribution in [0, 0.1) is 0 Å². The molecule has 1 aliphatic rings. The quantitative estimate of drug-likeness (QED) is 0.930. The summed E-state index contributed by atoms with van der Waals surface area (Å²) in [6, 6.07) is 9.74. The first-order valence-electron chi connectivity index (χ1n) is 7.66. The molecule has 2 heterocycles. The highest BCUT2D eigenvalue weighted by atomic mass is 35.5. The van der Waals surface area contributed by atoms with Gasteiger partial charge in [0.1, 0.15) is 11.6 Å². The van der Waals surface area contributed by atoms with Crippen molar-refractivity contribution in [3.8, 4) is 5.75 Å². The average molecular weight is 333 g/mol. The molecule has 0 spiro atoms. The fraction of sp³-hybridized carbons (Fsp3) is 0.353. The molecule has 1 aliphatic heterocycles. The third-order valence-electron chi connectivity index (χ3n) is 4.04. The maximum atomic E-state index is 6.00.